The van der Waals surface area contributed by atoms with E-state index < -0.39 is 6.10 Å². The van der Waals surface area contributed by atoms with Gasteiger partial charge in [-0.2, -0.15) is 0 Å². The third-order valence-electron chi connectivity index (χ3n) is 5.02. The summed E-state index contributed by atoms with van der Waals surface area (Å²) in [6.07, 6.45) is -0.725. The molecule has 1 N–H and O–H groups in total. The fraction of sp³-hybridized carbons (Fsp3) is 0.474. The van der Waals surface area contributed by atoms with Crippen LogP contribution in [-0.4, -0.2) is 83.6 Å². The SMILES string of the molecule is O=C1C2=C(SCCS2)C(=O)N1CC(O)CN1CCN(c2ccccc2)CC1. The van der Waals surface area contributed by atoms with Gasteiger partial charge in [0, 0.05) is 49.9 Å². The fourth-order valence-electron chi connectivity index (χ4n) is 3.63. The van der Waals surface area contributed by atoms with Crippen LogP contribution in [0.4, 0.5) is 5.69 Å². The van der Waals surface area contributed by atoms with Crippen molar-refractivity contribution in [2.75, 3.05) is 55.7 Å². The molecular weight excluding hydrogens is 382 g/mol. The maximum Gasteiger partial charge on any atom is 0.268 e. The maximum atomic E-state index is 12.5. The van der Waals surface area contributed by atoms with E-state index in [4.69, 9.17) is 0 Å². The molecule has 0 aliphatic carbocycles. The molecule has 0 saturated carbocycles. The highest BCUT2D eigenvalue weighted by atomic mass is 32.2. The second-order valence-corrected chi connectivity index (χ2v) is 9.06. The molecule has 1 aromatic carbocycles. The summed E-state index contributed by atoms with van der Waals surface area (Å²) in [5, 5.41) is 10.5. The predicted octanol–water partition coefficient (Wildman–Crippen LogP) is 1.23. The number of nitrogens with zero attached hydrogens (tertiary/aromatic N) is 3. The Morgan fingerprint density at radius 1 is 0.889 bits per heavy atom. The second-order valence-electron chi connectivity index (χ2n) is 6.85. The van der Waals surface area contributed by atoms with Gasteiger partial charge in [-0.25, -0.2) is 0 Å². The Morgan fingerprint density at radius 2 is 1.48 bits per heavy atom. The van der Waals surface area contributed by atoms with Crippen LogP contribution in [0.15, 0.2) is 40.1 Å². The molecule has 2 amide bonds. The zero-order chi connectivity index (χ0) is 18.8. The summed E-state index contributed by atoms with van der Waals surface area (Å²) < 4.78 is 0. The van der Waals surface area contributed by atoms with Gasteiger partial charge in [-0.1, -0.05) is 18.2 Å². The topological polar surface area (TPSA) is 64.1 Å². The minimum atomic E-state index is -0.725. The molecule has 0 spiro atoms. The van der Waals surface area contributed by atoms with Crippen LogP contribution in [0, 0.1) is 0 Å². The third-order valence-corrected chi connectivity index (χ3v) is 7.56. The van der Waals surface area contributed by atoms with Crippen LogP contribution in [0.3, 0.4) is 0 Å². The summed E-state index contributed by atoms with van der Waals surface area (Å²) >= 11 is 2.92. The van der Waals surface area contributed by atoms with Crippen molar-refractivity contribution in [2.24, 2.45) is 0 Å². The lowest BCUT2D eigenvalue weighted by molar-refractivity contribution is -0.138. The molecule has 3 heterocycles. The van der Waals surface area contributed by atoms with Crippen LogP contribution in [0.5, 0.6) is 0 Å². The first-order valence-corrected chi connectivity index (χ1v) is 11.2. The van der Waals surface area contributed by atoms with Crippen molar-refractivity contribution in [1.29, 1.82) is 0 Å². The minimum absolute atomic E-state index is 0.0741. The molecule has 0 radical (unpaired) electrons. The number of imide groups is 1. The number of aliphatic hydroxyl groups is 1. The smallest absolute Gasteiger partial charge is 0.268 e. The Hall–Kier alpha value is -1.48. The monoisotopic (exact) mass is 405 g/mol. The summed E-state index contributed by atoms with van der Waals surface area (Å²) in [6.45, 7) is 4.07. The molecular formula is C19H23N3O3S2. The van der Waals surface area contributed by atoms with Crippen molar-refractivity contribution in [3.63, 3.8) is 0 Å². The van der Waals surface area contributed by atoms with E-state index in [-0.39, 0.29) is 18.4 Å². The molecule has 6 nitrogen and oxygen atoms in total. The number of hydrogen-bond acceptors (Lipinski definition) is 7. The summed E-state index contributed by atoms with van der Waals surface area (Å²) in [4.78, 5) is 31.8. The van der Waals surface area contributed by atoms with E-state index >= 15 is 0 Å². The van der Waals surface area contributed by atoms with Crippen molar-refractivity contribution in [1.82, 2.24) is 9.80 Å². The molecule has 27 heavy (non-hydrogen) atoms. The van der Waals surface area contributed by atoms with Crippen LogP contribution < -0.4 is 4.90 Å². The highest BCUT2D eigenvalue weighted by Crippen LogP contribution is 2.40. The van der Waals surface area contributed by atoms with E-state index in [0.717, 1.165) is 37.7 Å². The predicted molar refractivity (Wildman–Crippen MR) is 110 cm³/mol. The number of amides is 2. The lowest BCUT2D eigenvalue weighted by Crippen LogP contribution is -2.50. The van der Waals surface area contributed by atoms with Gasteiger partial charge in [-0.3, -0.25) is 19.4 Å². The molecule has 0 aromatic heterocycles. The minimum Gasteiger partial charge on any atom is -0.390 e. The van der Waals surface area contributed by atoms with E-state index in [2.05, 4.69) is 21.9 Å². The van der Waals surface area contributed by atoms with Crippen molar-refractivity contribution >= 4 is 41.0 Å². The van der Waals surface area contributed by atoms with E-state index in [0.29, 0.717) is 16.4 Å². The van der Waals surface area contributed by atoms with E-state index in [1.54, 1.807) is 0 Å². The number of carbonyl (C=O) groups excluding carboxylic acids is 2. The van der Waals surface area contributed by atoms with Crippen molar-refractivity contribution < 1.29 is 14.7 Å². The molecule has 1 unspecified atom stereocenters. The normalized spacial score (nSPS) is 22.4. The Morgan fingerprint density at radius 3 is 2.07 bits per heavy atom. The van der Waals surface area contributed by atoms with Crippen LogP contribution in [0.1, 0.15) is 0 Å². The van der Waals surface area contributed by atoms with Gasteiger partial charge < -0.3 is 10.0 Å². The van der Waals surface area contributed by atoms with E-state index in [1.807, 2.05) is 18.2 Å². The van der Waals surface area contributed by atoms with Crippen LogP contribution >= 0.6 is 23.5 Å². The first-order valence-electron chi connectivity index (χ1n) is 9.20. The van der Waals surface area contributed by atoms with Crippen molar-refractivity contribution in [2.45, 2.75) is 6.10 Å². The largest absolute Gasteiger partial charge is 0.390 e. The second kappa shape index (κ2) is 8.26. The summed E-state index contributed by atoms with van der Waals surface area (Å²) in [5.41, 5.74) is 1.22. The molecule has 144 valence electrons. The van der Waals surface area contributed by atoms with Gasteiger partial charge in [0.25, 0.3) is 11.8 Å². The average molecular weight is 406 g/mol. The number of para-hydroxylation sites is 1. The Bertz CT molecular complexity index is 720. The lowest BCUT2D eigenvalue weighted by Gasteiger charge is -2.37. The van der Waals surface area contributed by atoms with Crippen molar-refractivity contribution in [3.05, 3.63) is 40.1 Å². The summed E-state index contributed by atoms with van der Waals surface area (Å²) in [5.74, 6) is 1.23. The fourth-order valence-corrected chi connectivity index (χ4v) is 5.97. The molecule has 4 rings (SSSR count). The number of carbonyl (C=O) groups is 2. The zero-order valence-electron chi connectivity index (χ0n) is 15.0. The Balaban J connectivity index is 1.28. The number of hydrogen-bond donors (Lipinski definition) is 1. The van der Waals surface area contributed by atoms with Gasteiger partial charge >= 0.3 is 0 Å². The highest BCUT2D eigenvalue weighted by molar-refractivity contribution is 8.11. The number of thioether (sulfide) groups is 2. The average Bonchev–Trinajstić information content (AvgIpc) is 2.94. The maximum absolute atomic E-state index is 12.5. The number of rotatable bonds is 5. The zero-order valence-corrected chi connectivity index (χ0v) is 16.7. The van der Waals surface area contributed by atoms with Gasteiger partial charge in [0.15, 0.2) is 0 Å². The first-order chi connectivity index (χ1) is 13.1. The first kappa shape index (κ1) is 18.9. The molecule has 1 fully saturated rings. The number of anilines is 1. The summed E-state index contributed by atoms with van der Waals surface area (Å²) in [6, 6.07) is 10.3. The van der Waals surface area contributed by atoms with Gasteiger partial charge in [0.1, 0.15) is 0 Å². The van der Waals surface area contributed by atoms with E-state index in [9.17, 15) is 14.7 Å². The molecule has 3 aliphatic rings. The number of piperazine rings is 1. The molecule has 3 aliphatic heterocycles. The lowest BCUT2D eigenvalue weighted by atomic mass is 10.2. The quantitative estimate of drug-likeness (QED) is 0.739. The van der Waals surface area contributed by atoms with Gasteiger partial charge in [-0.15, -0.1) is 23.5 Å². The third kappa shape index (κ3) is 4.03. The number of β-amino-alcohol motifs (C(OH)–C–C–N with tert-alkyl or cyclic N) is 1. The van der Waals surface area contributed by atoms with Crippen LogP contribution in [0.25, 0.3) is 0 Å². The van der Waals surface area contributed by atoms with Gasteiger partial charge in [0.2, 0.25) is 0 Å². The molecule has 0 bridgehead atoms. The molecule has 1 saturated heterocycles. The van der Waals surface area contributed by atoms with E-state index in [1.165, 1.54) is 34.1 Å². The van der Waals surface area contributed by atoms with Gasteiger partial charge in [-0.05, 0) is 12.1 Å². The van der Waals surface area contributed by atoms with Crippen LogP contribution in [0.2, 0.25) is 0 Å². The number of benzene rings is 1. The number of aliphatic hydroxyl groups excluding tert-OH is 1. The Labute approximate surface area is 167 Å². The summed E-state index contributed by atoms with van der Waals surface area (Å²) in [7, 11) is 0. The highest BCUT2D eigenvalue weighted by Gasteiger charge is 2.41. The van der Waals surface area contributed by atoms with Gasteiger partial charge in [0.05, 0.1) is 22.5 Å². The molecule has 1 atom stereocenters. The van der Waals surface area contributed by atoms with Crippen molar-refractivity contribution in [3.8, 4) is 0 Å². The Kier molecular flexibility index (Phi) is 5.77. The van der Waals surface area contributed by atoms with Crippen LogP contribution in [-0.2, 0) is 9.59 Å². The standard InChI is InChI=1S/C19H23N3O3S2/c23-15(13-22-18(24)16-17(19(22)25)27-11-10-26-16)12-20-6-8-21(9-7-20)14-4-2-1-3-5-14/h1-5,15,23H,6-13H2. The molecule has 1 aromatic rings. The molecule has 8 heteroatoms.